The van der Waals surface area contributed by atoms with Gasteiger partial charge in [-0.25, -0.2) is 0 Å². The number of carbonyl (C=O) groups excluding carboxylic acids is 1. The fourth-order valence-corrected chi connectivity index (χ4v) is 1.41. The number of rotatable bonds is 6. The van der Waals surface area contributed by atoms with Crippen LogP contribution >= 0.6 is 0 Å². The van der Waals surface area contributed by atoms with Crippen LogP contribution in [0.5, 0.6) is 0 Å². The van der Waals surface area contributed by atoms with Gasteiger partial charge in [0.2, 0.25) is 5.91 Å². The Balaban J connectivity index is 2.85. The zero-order valence-corrected chi connectivity index (χ0v) is 9.48. The number of primary amides is 1. The van der Waals surface area contributed by atoms with E-state index in [1.54, 1.807) is 12.1 Å². The lowest BCUT2D eigenvalue weighted by atomic mass is 9.91. The lowest BCUT2D eigenvalue weighted by Crippen LogP contribution is -2.52. The molecule has 0 fully saturated rings. The standard InChI is InChI=1S/C12H18N2O2/c1-2-8-16-9-12(14,11(13)15)10-6-4-3-5-7-10/h3-7H,2,8-9,14H2,1H3,(H2,13,15). The minimum absolute atomic E-state index is 0.111. The lowest BCUT2D eigenvalue weighted by molar-refractivity contribution is -0.125. The third-order valence-electron chi connectivity index (χ3n) is 2.41. The summed E-state index contributed by atoms with van der Waals surface area (Å²) in [6, 6.07) is 9.05. The second-order valence-corrected chi connectivity index (χ2v) is 3.75. The molecule has 1 rings (SSSR count). The molecule has 16 heavy (non-hydrogen) atoms. The molecular weight excluding hydrogens is 204 g/mol. The van der Waals surface area contributed by atoms with E-state index < -0.39 is 11.4 Å². The molecule has 0 bridgehead atoms. The first-order valence-electron chi connectivity index (χ1n) is 5.33. The van der Waals surface area contributed by atoms with Gasteiger partial charge < -0.3 is 16.2 Å². The summed E-state index contributed by atoms with van der Waals surface area (Å²) >= 11 is 0. The first-order chi connectivity index (χ1) is 7.61. The number of benzene rings is 1. The number of hydrogen-bond acceptors (Lipinski definition) is 3. The van der Waals surface area contributed by atoms with Gasteiger partial charge in [0.25, 0.3) is 0 Å². The van der Waals surface area contributed by atoms with Gasteiger partial charge in [-0.15, -0.1) is 0 Å². The quantitative estimate of drug-likeness (QED) is 0.697. The van der Waals surface area contributed by atoms with Gasteiger partial charge in [-0.2, -0.15) is 0 Å². The second-order valence-electron chi connectivity index (χ2n) is 3.75. The molecule has 88 valence electrons. The Kier molecular flexibility index (Phi) is 4.46. The summed E-state index contributed by atoms with van der Waals surface area (Å²) in [5.74, 6) is -0.574. The Morgan fingerprint density at radius 1 is 1.38 bits per heavy atom. The van der Waals surface area contributed by atoms with E-state index in [1.165, 1.54) is 0 Å². The van der Waals surface area contributed by atoms with Crippen molar-refractivity contribution in [2.24, 2.45) is 11.5 Å². The van der Waals surface area contributed by atoms with E-state index in [4.69, 9.17) is 16.2 Å². The molecule has 1 aromatic rings. The predicted molar refractivity (Wildman–Crippen MR) is 62.6 cm³/mol. The fraction of sp³-hybridized carbons (Fsp3) is 0.417. The Labute approximate surface area is 95.6 Å². The summed E-state index contributed by atoms with van der Waals surface area (Å²) in [5, 5.41) is 0. The predicted octanol–water partition coefficient (Wildman–Crippen LogP) is 0.753. The highest BCUT2D eigenvalue weighted by atomic mass is 16.5. The Hall–Kier alpha value is -1.39. The van der Waals surface area contributed by atoms with Crippen LogP contribution in [0.3, 0.4) is 0 Å². The number of ether oxygens (including phenoxy) is 1. The summed E-state index contributed by atoms with van der Waals surface area (Å²) in [5.41, 5.74) is 10.8. The highest BCUT2D eigenvalue weighted by Gasteiger charge is 2.34. The molecule has 0 heterocycles. The van der Waals surface area contributed by atoms with E-state index in [0.717, 1.165) is 6.42 Å². The highest BCUT2D eigenvalue weighted by molar-refractivity contribution is 5.86. The van der Waals surface area contributed by atoms with E-state index in [2.05, 4.69) is 0 Å². The van der Waals surface area contributed by atoms with Crippen molar-refractivity contribution in [3.8, 4) is 0 Å². The summed E-state index contributed by atoms with van der Waals surface area (Å²) < 4.78 is 5.34. The normalized spacial score (nSPS) is 14.4. The van der Waals surface area contributed by atoms with Crippen molar-refractivity contribution in [2.45, 2.75) is 18.9 Å². The average Bonchev–Trinajstić information content (AvgIpc) is 2.30. The highest BCUT2D eigenvalue weighted by Crippen LogP contribution is 2.18. The molecule has 0 aromatic heterocycles. The van der Waals surface area contributed by atoms with Gasteiger partial charge in [0.05, 0.1) is 6.61 Å². The molecule has 0 saturated heterocycles. The molecule has 1 unspecified atom stereocenters. The van der Waals surface area contributed by atoms with Crippen molar-refractivity contribution >= 4 is 5.91 Å². The van der Waals surface area contributed by atoms with Crippen LogP contribution in [0.2, 0.25) is 0 Å². The van der Waals surface area contributed by atoms with Crippen LogP contribution in [0.15, 0.2) is 30.3 Å². The van der Waals surface area contributed by atoms with Gasteiger partial charge >= 0.3 is 0 Å². The summed E-state index contributed by atoms with van der Waals surface area (Å²) in [7, 11) is 0. The topological polar surface area (TPSA) is 78.3 Å². The smallest absolute Gasteiger partial charge is 0.244 e. The monoisotopic (exact) mass is 222 g/mol. The summed E-state index contributed by atoms with van der Waals surface area (Å²) in [4.78, 5) is 11.4. The first kappa shape index (κ1) is 12.7. The van der Waals surface area contributed by atoms with Gasteiger partial charge in [-0.05, 0) is 12.0 Å². The first-order valence-corrected chi connectivity index (χ1v) is 5.33. The van der Waals surface area contributed by atoms with Crippen molar-refractivity contribution in [1.29, 1.82) is 0 Å². The maximum absolute atomic E-state index is 11.4. The third-order valence-corrected chi connectivity index (χ3v) is 2.41. The van der Waals surface area contributed by atoms with Gasteiger partial charge in [0, 0.05) is 6.61 Å². The Morgan fingerprint density at radius 2 is 2.00 bits per heavy atom. The van der Waals surface area contributed by atoms with E-state index in [1.807, 2.05) is 25.1 Å². The van der Waals surface area contributed by atoms with Crippen LogP contribution in [-0.2, 0) is 15.1 Å². The van der Waals surface area contributed by atoms with Crippen LogP contribution in [0.4, 0.5) is 0 Å². The van der Waals surface area contributed by atoms with E-state index in [9.17, 15) is 4.79 Å². The molecule has 0 saturated carbocycles. The Morgan fingerprint density at radius 3 is 2.50 bits per heavy atom. The molecule has 0 radical (unpaired) electrons. The molecule has 4 N–H and O–H groups in total. The maximum atomic E-state index is 11.4. The van der Waals surface area contributed by atoms with Crippen LogP contribution in [0.1, 0.15) is 18.9 Å². The van der Waals surface area contributed by atoms with Crippen molar-refractivity contribution in [3.63, 3.8) is 0 Å². The number of hydrogen-bond donors (Lipinski definition) is 2. The van der Waals surface area contributed by atoms with Gasteiger partial charge in [0.15, 0.2) is 0 Å². The number of carbonyl (C=O) groups is 1. The molecule has 1 aromatic carbocycles. The summed E-state index contributed by atoms with van der Waals surface area (Å²) in [6.45, 7) is 2.67. The molecule has 0 aliphatic heterocycles. The average molecular weight is 222 g/mol. The summed E-state index contributed by atoms with van der Waals surface area (Å²) in [6.07, 6.45) is 0.879. The lowest BCUT2D eigenvalue weighted by Gasteiger charge is -2.26. The van der Waals surface area contributed by atoms with Crippen molar-refractivity contribution in [3.05, 3.63) is 35.9 Å². The largest absolute Gasteiger partial charge is 0.379 e. The molecular formula is C12H18N2O2. The van der Waals surface area contributed by atoms with Crippen LogP contribution in [0.25, 0.3) is 0 Å². The van der Waals surface area contributed by atoms with Crippen molar-refractivity contribution in [2.75, 3.05) is 13.2 Å². The van der Waals surface area contributed by atoms with E-state index >= 15 is 0 Å². The molecule has 0 spiro atoms. The molecule has 1 amide bonds. The minimum Gasteiger partial charge on any atom is -0.379 e. The molecule has 4 nitrogen and oxygen atoms in total. The van der Waals surface area contributed by atoms with Gasteiger partial charge in [-0.3, -0.25) is 4.79 Å². The SMILES string of the molecule is CCCOCC(N)(C(N)=O)c1ccccc1. The Bertz CT molecular complexity index is 340. The van der Waals surface area contributed by atoms with Crippen molar-refractivity contribution < 1.29 is 9.53 Å². The zero-order valence-electron chi connectivity index (χ0n) is 9.48. The zero-order chi connectivity index (χ0) is 12.0. The minimum atomic E-state index is -1.24. The van der Waals surface area contributed by atoms with Crippen LogP contribution in [-0.4, -0.2) is 19.1 Å². The van der Waals surface area contributed by atoms with Crippen LogP contribution in [0, 0.1) is 0 Å². The van der Waals surface area contributed by atoms with Crippen LogP contribution < -0.4 is 11.5 Å². The van der Waals surface area contributed by atoms with Crippen molar-refractivity contribution in [1.82, 2.24) is 0 Å². The van der Waals surface area contributed by atoms with E-state index in [-0.39, 0.29) is 6.61 Å². The number of amides is 1. The molecule has 1 atom stereocenters. The molecule has 0 aliphatic rings. The molecule has 4 heteroatoms. The molecule has 0 aliphatic carbocycles. The maximum Gasteiger partial charge on any atom is 0.244 e. The fourth-order valence-electron chi connectivity index (χ4n) is 1.41. The third kappa shape index (κ3) is 2.81. The second kappa shape index (κ2) is 5.63. The van der Waals surface area contributed by atoms with E-state index in [0.29, 0.717) is 12.2 Å². The van der Waals surface area contributed by atoms with Gasteiger partial charge in [0.1, 0.15) is 5.54 Å². The van der Waals surface area contributed by atoms with Gasteiger partial charge in [-0.1, -0.05) is 37.3 Å². The number of nitrogens with two attached hydrogens (primary N) is 2.